The molecule has 0 atom stereocenters. The molecule has 1 aliphatic heterocycles. The molecule has 0 spiro atoms. The van der Waals surface area contributed by atoms with Crippen LogP contribution in [0.1, 0.15) is 25.3 Å². The standard InChI is InChI=1S/C31H42N10O.2CH3/c1-7-24-22-25(32-34-30-36(2)18-19-37(30)3)10-12-27(24)40-14-8-16-41(17-9-15-40)28-13-11-26(23-29(28)42-6)33-35-31-38(4)20-21-39(31)5;;/h10-13,18-23H,7-9,14-17H2,1-6H3;2*1H3/q+2;2*-1. The average molecular weight is 601 g/mol. The van der Waals surface area contributed by atoms with E-state index in [-0.39, 0.29) is 14.9 Å². The van der Waals surface area contributed by atoms with Gasteiger partial charge in [-0.2, -0.15) is 0 Å². The van der Waals surface area contributed by atoms with Crippen molar-refractivity contribution in [2.75, 3.05) is 43.1 Å². The molecule has 0 saturated carbocycles. The second-order valence-corrected chi connectivity index (χ2v) is 10.7. The van der Waals surface area contributed by atoms with Crippen LogP contribution >= 0.6 is 0 Å². The van der Waals surface area contributed by atoms with Gasteiger partial charge in [0.1, 0.15) is 17.1 Å². The van der Waals surface area contributed by atoms with Crippen molar-refractivity contribution in [3.8, 4) is 5.75 Å². The maximum atomic E-state index is 5.80. The van der Waals surface area contributed by atoms with Crippen LogP contribution in [0.4, 0.5) is 34.6 Å². The first-order valence-electron chi connectivity index (χ1n) is 14.5. The molecule has 11 heteroatoms. The van der Waals surface area contributed by atoms with E-state index in [0.29, 0.717) is 0 Å². The third-order valence-corrected chi connectivity index (χ3v) is 7.80. The number of imidazole rings is 2. The molecule has 2 aromatic carbocycles. The van der Waals surface area contributed by atoms with Gasteiger partial charge in [-0.05, 0) is 55.2 Å². The van der Waals surface area contributed by atoms with E-state index >= 15 is 0 Å². The Hall–Kier alpha value is -4.54. The highest BCUT2D eigenvalue weighted by molar-refractivity contribution is 5.64. The van der Waals surface area contributed by atoms with Gasteiger partial charge in [-0.25, -0.2) is 18.3 Å². The van der Waals surface area contributed by atoms with E-state index in [9.17, 15) is 0 Å². The number of aryl methyl sites for hydroxylation is 5. The Morgan fingerprint density at radius 3 is 1.64 bits per heavy atom. The maximum Gasteiger partial charge on any atom is 0.421 e. The largest absolute Gasteiger partial charge is 0.495 e. The summed E-state index contributed by atoms with van der Waals surface area (Å²) < 4.78 is 13.6. The maximum absolute atomic E-state index is 5.80. The molecule has 11 nitrogen and oxygen atoms in total. The summed E-state index contributed by atoms with van der Waals surface area (Å²) in [4.78, 5) is 4.96. The predicted molar refractivity (Wildman–Crippen MR) is 177 cm³/mol. The Balaban J connectivity index is 0.00000264. The third kappa shape index (κ3) is 7.50. The molecular formula is C33H48N10O. The molecule has 1 saturated heterocycles. The van der Waals surface area contributed by atoms with Crippen LogP contribution in [0.15, 0.2) is 81.6 Å². The number of benzene rings is 2. The summed E-state index contributed by atoms with van der Waals surface area (Å²) in [5, 5.41) is 17.9. The molecule has 0 bridgehead atoms. The Kier molecular flexibility index (Phi) is 11.8. The second kappa shape index (κ2) is 15.3. The highest BCUT2D eigenvalue weighted by Gasteiger charge is 2.19. The molecule has 0 amide bonds. The summed E-state index contributed by atoms with van der Waals surface area (Å²) in [7, 11) is 9.58. The van der Waals surface area contributed by atoms with Crippen LogP contribution in [-0.2, 0) is 34.6 Å². The van der Waals surface area contributed by atoms with Gasteiger partial charge in [0.25, 0.3) is 0 Å². The predicted octanol–water partition coefficient (Wildman–Crippen LogP) is 6.42. The van der Waals surface area contributed by atoms with Crippen molar-refractivity contribution in [1.82, 2.24) is 9.13 Å². The number of hydrogen-bond donors (Lipinski definition) is 0. The normalized spacial score (nSPS) is 14.0. The number of methoxy groups -OCH3 is 1. The van der Waals surface area contributed by atoms with Gasteiger partial charge < -0.3 is 29.4 Å². The Labute approximate surface area is 262 Å². The fourth-order valence-corrected chi connectivity index (χ4v) is 5.48. The topological polar surface area (TPSA) is 82.8 Å². The lowest BCUT2D eigenvalue weighted by atomic mass is 10.1. The summed E-state index contributed by atoms with van der Waals surface area (Å²) in [5.74, 6) is 2.41. The first-order chi connectivity index (χ1) is 20.4. The van der Waals surface area contributed by atoms with E-state index in [4.69, 9.17) is 4.74 Å². The number of ether oxygens (including phenoxy) is 1. The zero-order valence-electron chi connectivity index (χ0n) is 27.6. The average Bonchev–Trinajstić information content (AvgIpc) is 3.48. The van der Waals surface area contributed by atoms with Crippen molar-refractivity contribution < 1.29 is 13.9 Å². The zero-order valence-corrected chi connectivity index (χ0v) is 27.6. The monoisotopic (exact) mass is 600 g/mol. The molecular weight excluding hydrogens is 552 g/mol. The van der Waals surface area contributed by atoms with Gasteiger partial charge in [-0.1, -0.05) is 17.2 Å². The molecule has 4 aromatic rings. The number of aromatic nitrogens is 4. The molecule has 44 heavy (non-hydrogen) atoms. The summed E-state index contributed by atoms with van der Waals surface area (Å²) in [6.45, 7) is 6.10. The highest BCUT2D eigenvalue weighted by Crippen LogP contribution is 2.34. The van der Waals surface area contributed by atoms with Crippen molar-refractivity contribution in [2.24, 2.45) is 48.6 Å². The molecule has 3 heterocycles. The molecule has 1 fully saturated rings. The first kappa shape index (κ1) is 34.0. The minimum atomic E-state index is 0. The smallest absolute Gasteiger partial charge is 0.421 e. The van der Waals surface area contributed by atoms with E-state index in [1.54, 1.807) is 7.11 Å². The van der Waals surface area contributed by atoms with Crippen LogP contribution in [0, 0.1) is 14.9 Å². The van der Waals surface area contributed by atoms with Crippen molar-refractivity contribution in [1.29, 1.82) is 0 Å². The Bertz CT molecular complexity index is 1420. The van der Waals surface area contributed by atoms with Crippen LogP contribution in [0.3, 0.4) is 0 Å². The molecule has 0 unspecified atom stereocenters. The van der Waals surface area contributed by atoms with Gasteiger partial charge in [-0.3, -0.25) is 0 Å². The van der Waals surface area contributed by atoms with Gasteiger partial charge in [0.2, 0.25) is 0 Å². The molecule has 1 aliphatic rings. The molecule has 0 radical (unpaired) electrons. The van der Waals surface area contributed by atoms with Gasteiger partial charge in [0.15, 0.2) is 0 Å². The number of nitrogens with zero attached hydrogens (tertiary/aromatic N) is 10. The fourth-order valence-electron chi connectivity index (χ4n) is 5.48. The van der Waals surface area contributed by atoms with E-state index < -0.39 is 0 Å². The van der Waals surface area contributed by atoms with E-state index in [1.165, 1.54) is 11.3 Å². The lowest BCUT2D eigenvalue weighted by molar-refractivity contribution is -0.657. The Morgan fingerprint density at radius 2 is 1.18 bits per heavy atom. The van der Waals surface area contributed by atoms with E-state index in [0.717, 1.165) is 80.1 Å². The lowest BCUT2D eigenvalue weighted by Crippen LogP contribution is -2.37. The van der Waals surface area contributed by atoms with Gasteiger partial charge in [0.05, 0.1) is 65.8 Å². The van der Waals surface area contributed by atoms with Gasteiger partial charge in [0, 0.05) is 48.2 Å². The zero-order chi connectivity index (χ0) is 29.6. The number of azo groups is 2. The Morgan fingerprint density at radius 1 is 0.705 bits per heavy atom. The quantitative estimate of drug-likeness (QED) is 0.133. The van der Waals surface area contributed by atoms with Crippen molar-refractivity contribution in [3.05, 3.63) is 81.6 Å². The van der Waals surface area contributed by atoms with Crippen LogP contribution in [0.2, 0.25) is 0 Å². The van der Waals surface area contributed by atoms with Crippen LogP contribution < -0.4 is 23.7 Å². The lowest BCUT2D eigenvalue weighted by Gasteiger charge is -2.34. The van der Waals surface area contributed by atoms with Crippen molar-refractivity contribution in [3.63, 3.8) is 0 Å². The molecule has 5 rings (SSSR count). The minimum absolute atomic E-state index is 0. The third-order valence-electron chi connectivity index (χ3n) is 7.80. The van der Waals surface area contributed by atoms with E-state index in [2.05, 4.69) is 61.4 Å². The van der Waals surface area contributed by atoms with E-state index in [1.807, 2.05) is 83.4 Å². The number of rotatable bonds is 8. The first-order valence-corrected chi connectivity index (χ1v) is 14.5. The minimum Gasteiger partial charge on any atom is -0.495 e. The molecule has 236 valence electrons. The molecule has 0 N–H and O–H groups in total. The molecule has 2 aromatic heterocycles. The number of hydrogen-bond acceptors (Lipinski definition) is 7. The van der Waals surface area contributed by atoms with Crippen molar-refractivity contribution >= 4 is 34.6 Å². The summed E-state index contributed by atoms with van der Waals surface area (Å²) >= 11 is 0. The van der Waals surface area contributed by atoms with Crippen LogP contribution in [0.25, 0.3) is 0 Å². The number of anilines is 2. The van der Waals surface area contributed by atoms with Gasteiger partial charge in [-0.15, -0.1) is 0 Å². The summed E-state index contributed by atoms with van der Waals surface area (Å²) in [6, 6.07) is 12.6. The van der Waals surface area contributed by atoms with Crippen LogP contribution in [-0.4, -0.2) is 42.4 Å². The van der Waals surface area contributed by atoms with Gasteiger partial charge >= 0.3 is 11.9 Å². The molecule has 0 aliphatic carbocycles. The summed E-state index contributed by atoms with van der Waals surface area (Å²) in [5.41, 5.74) is 5.35. The van der Waals surface area contributed by atoms with Crippen LogP contribution in [0.5, 0.6) is 5.75 Å². The highest BCUT2D eigenvalue weighted by atomic mass is 16.5. The SMILES string of the molecule is CCc1cc(N=Nc2n(C)cc[n+]2C)ccc1N1CCCN(c2ccc(N=Nc3n(C)cc[n+]3C)cc2OC)CCC1.[CH3-].[CH3-]. The summed E-state index contributed by atoms with van der Waals surface area (Å²) in [6.07, 6.45) is 10.9. The van der Waals surface area contributed by atoms with Crippen molar-refractivity contribution in [2.45, 2.75) is 26.2 Å². The second-order valence-electron chi connectivity index (χ2n) is 10.7. The fraction of sp³-hybridized carbons (Fsp3) is 0.394.